The van der Waals surface area contributed by atoms with Crippen molar-refractivity contribution in [2.45, 2.75) is 52.1 Å². The predicted molar refractivity (Wildman–Crippen MR) is 97.2 cm³/mol. The van der Waals surface area contributed by atoms with Crippen LogP contribution >= 0.6 is 0 Å². The number of nitrogens with zero attached hydrogens (tertiary/aromatic N) is 1. The number of nitrogen functional groups attached to an aromatic ring is 1. The maximum Gasteiger partial charge on any atom is 0.256 e. The summed E-state index contributed by atoms with van der Waals surface area (Å²) >= 11 is 0. The minimum Gasteiger partial charge on any atom is -0.398 e. The summed E-state index contributed by atoms with van der Waals surface area (Å²) < 4.78 is 1.97. The van der Waals surface area contributed by atoms with Gasteiger partial charge in [0.2, 0.25) is 5.43 Å². The monoisotopic (exact) mass is 327 g/mol. The summed E-state index contributed by atoms with van der Waals surface area (Å²) in [5, 5.41) is 3.45. The van der Waals surface area contributed by atoms with Gasteiger partial charge >= 0.3 is 0 Å². The number of aromatic nitrogens is 1. The lowest BCUT2D eigenvalue weighted by Crippen LogP contribution is -2.36. The molecule has 0 radical (unpaired) electrons. The molecule has 128 valence electrons. The lowest BCUT2D eigenvalue weighted by Gasteiger charge is -2.17. The Bertz CT molecular complexity index is 817. The highest BCUT2D eigenvalue weighted by Crippen LogP contribution is 2.21. The number of anilines is 1. The number of fused-ring (bicyclic) bond motifs is 1. The Morgan fingerprint density at radius 1 is 1.33 bits per heavy atom. The van der Waals surface area contributed by atoms with Crippen LogP contribution in [0.4, 0.5) is 5.69 Å². The molecule has 1 fully saturated rings. The average Bonchev–Trinajstić information content (AvgIpc) is 3.02. The number of pyridine rings is 1. The highest BCUT2D eigenvalue weighted by Gasteiger charge is 2.22. The van der Waals surface area contributed by atoms with Gasteiger partial charge in [-0.15, -0.1) is 0 Å². The first-order valence-corrected chi connectivity index (χ1v) is 8.70. The zero-order chi connectivity index (χ0) is 17.3. The molecule has 1 aromatic carbocycles. The van der Waals surface area contributed by atoms with Crippen LogP contribution in [0.3, 0.4) is 0 Å². The van der Waals surface area contributed by atoms with Crippen molar-refractivity contribution in [3.8, 4) is 0 Å². The van der Waals surface area contributed by atoms with Crippen molar-refractivity contribution < 1.29 is 4.79 Å². The van der Waals surface area contributed by atoms with Gasteiger partial charge in [-0.1, -0.05) is 32.8 Å². The lowest BCUT2D eigenvalue weighted by molar-refractivity contribution is 0.0936. The van der Waals surface area contributed by atoms with Crippen LogP contribution in [0.5, 0.6) is 0 Å². The van der Waals surface area contributed by atoms with Gasteiger partial charge in [-0.3, -0.25) is 9.59 Å². The quantitative estimate of drug-likeness (QED) is 0.848. The number of carbonyl (C=O) groups is 1. The van der Waals surface area contributed by atoms with Crippen LogP contribution in [0.15, 0.2) is 29.2 Å². The molecule has 5 nitrogen and oxygen atoms in total. The van der Waals surface area contributed by atoms with E-state index in [0.717, 1.165) is 37.7 Å². The zero-order valence-electron chi connectivity index (χ0n) is 14.3. The van der Waals surface area contributed by atoms with Crippen molar-refractivity contribution in [2.24, 2.45) is 5.92 Å². The maximum atomic E-state index is 12.8. The van der Waals surface area contributed by atoms with E-state index in [0.29, 0.717) is 17.0 Å². The molecule has 3 rings (SSSR count). The fourth-order valence-corrected chi connectivity index (χ4v) is 3.50. The number of amides is 1. The Morgan fingerprint density at radius 3 is 2.71 bits per heavy atom. The van der Waals surface area contributed by atoms with E-state index in [9.17, 15) is 9.59 Å². The Balaban J connectivity index is 2.09. The molecule has 1 aliphatic carbocycles. The van der Waals surface area contributed by atoms with E-state index in [1.54, 1.807) is 12.3 Å². The summed E-state index contributed by atoms with van der Waals surface area (Å²) in [6, 6.07) is 5.61. The minimum atomic E-state index is -0.283. The molecule has 1 aliphatic rings. The molecule has 0 spiro atoms. The molecular weight excluding hydrogens is 302 g/mol. The second-order valence-electron chi connectivity index (χ2n) is 7.11. The van der Waals surface area contributed by atoms with Gasteiger partial charge in [0.1, 0.15) is 5.56 Å². The second kappa shape index (κ2) is 6.67. The highest BCUT2D eigenvalue weighted by molar-refractivity contribution is 6.00. The number of carbonyl (C=O) groups excluding carboxylic acids is 1. The third kappa shape index (κ3) is 3.16. The zero-order valence-corrected chi connectivity index (χ0v) is 14.3. The van der Waals surface area contributed by atoms with Crippen LogP contribution in [-0.2, 0) is 6.54 Å². The van der Waals surface area contributed by atoms with Gasteiger partial charge in [0.15, 0.2) is 0 Å². The van der Waals surface area contributed by atoms with Crippen molar-refractivity contribution >= 4 is 22.5 Å². The van der Waals surface area contributed by atoms with E-state index in [1.165, 1.54) is 0 Å². The summed E-state index contributed by atoms with van der Waals surface area (Å²) in [6.07, 6.45) is 5.93. The number of hydrogen-bond acceptors (Lipinski definition) is 3. The fraction of sp³-hybridized carbons (Fsp3) is 0.474. The first-order chi connectivity index (χ1) is 11.5. The SMILES string of the molecule is CC(C)Cn1cc(C(=O)NC2CCCC2)c(=O)c2c(N)cccc21. The summed E-state index contributed by atoms with van der Waals surface area (Å²) in [6.45, 7) is 4.94. The number of rotatable bonds is 4. The minimum absolute atomic E-state index is 0.180. The number of hydrogen-bond donors (Lipinski definition) is 2. The summed E-state index contributed by atoms with van der Waals surface area (Å²) in [4.78, 5) is 25.5. The number of nitrogens with one attached hydrogen (secondary N) is 1. The van der Waals surface area contributed by atoms with E-state index in [4.69, 9.17) is 5.73 Å². The van der Waals surface area contributed by atoms with Crippen LogP contribution in [0, 0.1) is 5.92 Å². The van der Waals surface area contributed by atoms with E-state index < -0.39 is 0 Å². The van der Waals surface area contributed by atoms with Crippen molar-refractivity contribution in [3.05, 3.63) is 40.2 Å². The van der Waals surface area contributed by atoms with Crippen LogP contribution < -0.4 is 16.5 Å². The van der Waals surface area contributed by atoms with Gasteiger partial charge in [-0.2, -0.15) is 0 Å². The third-order valence-electron chi connectivity index (χ3n) is 4.64. The van der Waals surface area contributed by atoms with E-state index >= 15 is 0 Å². The Morgan fingerprint density at radius 2 is 2.04 bits per heavy atom. The average molecular weight is 327 g/mol. The first-order valence-electron chi connectivity index (χ1n) is 8.70. The normalized spacial score (nSPS) is 15.3. The van der Waals surface area contributed by atoms with Crippen molar-refractivity contribution in [1.29, 1.82) is 0 Å². The summed E-state index contributed by atoms with van der Waals surface area (Å²) in [5.74, 6) is 0.109. The van der Waals surface area contributed by atoms with Crippen LogP contribution in [0.25, 0.3) is 10.9 Å². The summed E-state index contributed by atoms with van der Waals surface area (Å²) in [5.41, 5.74) is 7.16. The third-order valence-corrected chi connectivity index (χ3v) is 4.64. The molecule has 1 amide bonds. The molecule has 0 aliphatic heterocycles. The van der Waals surface area contributed by atoms with Crippen molar-refractivity contribution in [1.82, 2.24) is 9.88 Å². The van der Waals surface area contributed by atoms with Gasteiger partial charge < -0.3 is 15.6 Å². The molecule has 3 N–H and O–H groups in total. The van der Waals surface area contributed by atoms with Crippen molar-refractivity contribution in [3.63, 3.8) is 0 Å². The van der Waals surface area contributed by atoms with Gasteiger partial charge in [0.05, 0.1) is 10.9 Å². The molecular formula is C19H25N3O2. The molecule has 0 saturated heterocycles. The van der Waals surface area contributed by atoms with Gasteiger partial charge in [-0.05, 0) is 30.9 Å². The first kappa shape index (κ1) is 16.6. The maximum absolute atomic E-state index is 12.8. The molecule has 1 aromatic heterocycles. The molecule has 1 saturated carbocycles. The predicted octanol–water partition coefficient (Wildman–Crippen LogP) is 2.91. The Hall–Kier alpha value is -2.30. The largest absolute Gasteiger partial charge is 0.398 e. The Labute approximate surface area is 141 Å². The lowest BCUT2D eigenvalue weighted by atomic mass is 10.1. The van der Waals surface area contributed by atoms with Crippen LogP contribution in [0.2, 0.25) is 0 Å². The molecule has 2 aromatic rings. The van der Waals surface area contributed by atoms with Gasteiger partial charge in [-0.25, -0.2) is 0 Å². The van der Waals surface area contributed by atoms with Crippen LogP contribution in [0.1, 0.15) is 49.9 Å². The highest BCUT2D eigenvalue weighted by atomic mass is 16.2. The standard InChI is InChI=1S/C19H25N3O2/c1-12(2)10-22-11-14(19(24)21-13-6-3-4-7-13)18(23)17-15(20)8-5-9-16(17)22/h5,8-9,11-13H,3-4,6-7,10,20H2,1-2H3,(H,21,24). The topological polar surface area (TPSA) is 77.1 Å². The van der Waals surface area contributed by atoms with E-state index in [2.05, 4.69) is 19.2 Å². The molecule has 1 heterocycles. The number of nitrogens with two attached hydrogens (primary N) is 1. The molecule has 24 heavy (non-hydrogen) atoms. The molecule has 5 heteroatoms. The molecule has 0 unspecified atom stereocenters. The Kier molecular flexibility index (Phi) is 4.60. The second-order valence-corrected chi connectivity index (χ2v) is 7.11. The van der Waals surface area contributed by atoms with Gasteiger partial charge in [0, 0.05) is 24.5 Å². The smallest absolute Gasteiger partial charge is 0.256 e. The van der Waals surface area contributed by atoms with E-state index in [1.807, 2.05) is 16.7 Å². The fourth-order valence-electron chi connectivity index (χ4n) is 3.50. The van der Waals surface area contributed by atoms with Crippen LogP contribution in [-0.4, -0.2) is 16.5 Å². The van der Waals surface area contributed by atoms with E-state index in [-0.39, 0.29) is 22.9 Å². The number of benzene rings is 1. The summed E-state index contributed by atoms with van der Waals surface area (Å²) in [7, 11) is 0. The molecule has 0 atom stereocenters. The van der Waals surface area contributed by atoms with Crippen molar-refractivity contribution in [2.75, 3.05) is 5.73 Å². The van der Waals surface area contributed by atoms with Gasteiger partial charge in [0.25, 0.3) is 5.91 Å². The molecule has 0 bridgehead atoms.